The minimum absolute atomic E-state index is 0.280. The second-order valence-electron chi connectivity index (χ2n) is 7.75. The zero-order chi connectivity index (χ0) is 19.7. The molecule has 0 heteroatoms. The quantitative estimate of drug-likeness (QED) is 0.447. The molecule has 0 spiro atoms. The molecule has 2 aliphatic rings. The summed E-state index contributed by atoms with van der Waals surface area (Å²) in [5, 5.41) is 0. The zero-order valence-corrected chi connectivity index (χ0v) is 16.7. The fourth-order valence-electron chi connectivity index (χ4n) is 5.04. The van der Waals surface area contributed by atoms with E-state index in [-0.39, 0.29) is 5.41 Å². The minimum Gasteiger partial charge on any atom is -0.0804 e. The van der Waals surface area contributed by atoms with E-state index in [4.69, 9.17) is 0 Å². The first kappa shape index (κ1) is 17.7. The number of benzene rings is 3. The van der Waals surface area contributed by atoms with E-state index < -0.39 is 0 Å². The fourth-order valence-corrected chi connectivity index (χ4v) is 5.04. The van der Waals surface area contributed by atoms with Crippen LogP contribution in [0.3, 0.4) is 0 Å². The number of hydrogen-bond acceptors (Lipinski definition) is 0. The highest BCUT2D eigenvalue weighted by Crippen LogP contribution is 2.56. The first-order valence-corrected chi connectivity index (χ1v) is 10.3. The number of hydrogen-bond donors (Lipinski definition) is 0. The Morgan fingerprint density at radius 1 is 0.655 bits per heavy atom. The van der Waals surface area contributed by atoms with Gasteiger partial charge >= 0.3 is 0 Å². The predicted octanol–water partition coefficient (Wildman–Crippen LogP) is 7.17. The number of allylic oxidation sites excluding steroid dienone is 8. The molecule has 0 radical (unpaired) electrons. The lowest BCUT2D eigenvalue weighted by molar-refractivity contribution is 0.719. The van der Waals surface area contributed by atoms with Crippen molar-refractivity contribution >= 4 is 5.57 Å². The summed E-state index contributed by atoms with van der Waals surface area (Å²) in [6, 6.07) is 28.8. The standard InChI is InChI=1S/C29H24/c1-22-14-10-12-19-26(22)29(23-15-6-5-7-16-23)27-20-9-4-2-3-8-17-24(27)25-18-11-13-21-28(25)29/h2-19,21H,20H2,1H3/b3-2-,9-4-,17-8?. The van der Waals surface area contributed by atoms with E-state index in [9.17, 15) is 0 Å². The van der Waals surface area contributed by atoms with Gasteiger partial charge in [-0.05, 0) is 52.3 Å². The van der Waals surface area contributed by atoms with Gasteiger partial charge in [0.2, 0.25) is 0 Å². The third-order valence-corrected chi connectivity index (χ3v) is 6.21. The first-order valence-electron chi connectivity index (χ1n) is 10.3. The van der Waals surface area contributed by atoms with E-state index in [1.165, 1.54) is 39.0 Å². The molecule has 3 aromatic carbocycles. The monoisotopic (exact) mass is 372 g/mol. The van der Waals surface area contributed by atoms with Crippen LogP contribution in [0, 0.1) is 6.92 Å². The van der Waals surface area contributed by atoms with Crippen molar-refractivity contribution < 1.29 is 0 Å². The van der Waals surface area contributed by atoms with Crippen LogP contribution in [0.2, 0.25) is 0 Å². The van der Waals surface area contributed by atoms with Crippen LogP contribution in [0.4, 0.5) is 0 Å². The van der Waals surface area contributed by atoms with Crippen molar-refractivity contribution in [2.75, 3.05) is 0 Å². The minimum atomic E-state index is -0.280. The van der Waals surface area contributed by atoms with E-state index in [2.05, 4.69) is 122 Å². The smallest absolute Gasteiger partial charge is 0.0682 e. The van der Waals surface area contributed by atoms with Crippen molar-refractivity contribution in [2.45, 2.75) is 18.8 Å². The van der Waals surface area contributed by atoms with Crippen molar-refractivity contribution in [1.29, 1.82) is 0 Å². The van der Waals surface area contributed by atoms with Crippen molar-refractivity contribution in [2.24, 2.45) is 0 Å². The van der Waals surface area contributed by atoms with Gasteiger partial charge in [-0.25, -0.2) is 0 Å². The fraction of sp³-hybridized carbons (Fsp3) is 0.103. The molecule has 29 heavy (non-hydrogen) atoms. The topological polar surface area (TPSA) is 0 Å². The summed E-state index contributed by atoms with van der Waals surface area (Å²) in [5.41, 5.74) is 9.28. The van der Waals surface area contributed by atoms with Gasteiger partial charge in [0.05, 0.1) is 5.41 Å². The highest BCUT2D eigenvalue weighted by Gasteiger charge is 2.47. The third-order valence-electron chi connectivity index (χ3n) is 6.21. The van der Waals surface area contributed by atoms with E-state index in [0.29, 0.717) is 0 Å². The average molecular weight is 373 g/mol. The van der Waals surface area contributed by atoms with Gasteiger partial charge in [-0.3, -0.25) is 0 Å². The Kier molecular flexibility index (Phi) is 4.41. The lowest BCUT2D eigenvalue weighted by Crippen LogP contribution is -2.30. The van der Waals surface area contributed by atoms with Crippen LogP contribution in [0.15, 0.2) is 121 Å². The number of aryl methyl sites for hydroxylation is 1. The molecule has 0 N–H and O–H groups in total. The van der Waals surface area contributed by atoms with E-state index >= 15 is 0 Å². The van der Waals surface area contributed by atoms with Crippen LogP contribution in [0.1, 0.15) is 34.2 Å². The maximum absolute atomic E-state index is 2.32. The summed E-state index contributed by atoms with van der Waals surface area (Å²) in [4.78, 5) is 0. The molecule has 0 heterocycles. The van der Waals surface area contributed by atoms with Gasteiger partial charge in [0.25, 0.3) is 0 Å². The Labute approximate surface area is 173 Å². The maximum atomic E-state index is 2.32. The van der Waals surface area contributed by atoms with Gasteiger partial charge in [-0.2, -0.15) is 0 Å². The highest BCUT2D eigenvalue weighted by atomic mass is 14.5. The van der Waals surface area contributed by atoms with Crippen molar-refractivity contribution in [3.63, 3.8) is 0 Å². The Balaban J connectivity index is 1.95. The maximum Gasteiger partial charge on any atom is 0.0682 e. The molecule has 5 rings (SSSR count). The SMILES string of the molecule is Cc1ccccc1C1(c2ccccc2)C2=C(C=C/C=C\C=C/C2)c2ccccc21. The zero-order valence-electron chi connectivity index (χ0n) is 16.7. The summed E-state index contributed by atoms with van der Waals surface area (Å²) < 4.78 is 0. The van der Waals surface area contributed by atoms with Crippen LogP contribution in [0.5, 0.6) is 0 Å². The highest BCUT2D eigenvalue weighted by molar-refractivity contribution is 5.90. The predicted molar refractivity (Wildman–Crippen MR) is 123 cm³/mol. The van der Waals surface area contributed by atoms with Crippen LogP contribution in [0.25, 0.3) is 5.57 Å². The molecule has 0 saturated carbocycles. The molecule has 0 bridgehead atoms. The lowest BCUT2D eigenvalue weighted by Gasteiger charge is -2.37. The van der Waals surface area contributed by atoms with Crippen LogP contribution in [-0.4, -0.2) is 0 Å². The molecular formula is C29H24. The summed E-state index contributed by atoms with van der Waals surface area (Å²) in [6.07, 6.45) is 14.1. The third kappa shape index (κ3) is 2.68. The molecule has 0 aliphatic heterocycles. The average Bonchev–Trinajstić information content (AvgIpc) is 3.10. The summed E-state index contributed by atoms with van der Waals surface area (Å²) >= 11 is 0. The van der Waals surface area contributed by atoms with Crippen LogP contribution >= 0.6 is 0 Å². The van der Waals surface area contributed by atoms with Gasteiger partial charge in [0.1, 0.15) is 0 Å². The molecule has 0 fully saturated rings. The molecule has 0 saturated heterocycles. The second kappa shape index (κ2) is 7.22. The molecule has 1 atom stereocenters. The van der Waals surface area contributed by atoms with E-state index in [1.807, 2.05) is 0 Å². The first-order chi connectivity index (χ1) is 14.3. The Bertz CT molecular complexity index is 1170. The summed E-state index contributed by atoms with van der Waals surface area (Å²) in [7, 11) is 0. The number of rotatable bonds is 2. The second-order valence-corrected chi connectivity index (χ2v) is 7.75. The van der Waals surface area contributed by atoms with Gasteiger partial charge in [0.15, 0.2) is 0 Å². The van der Waals surface area contributed by atoms with Gasteiger partial charge in [-0.1, -0.05) is 115 Å². The lowest BCUT2D eigenvalue weighted by atomic mass is 9.65. The molecular weight excluding hydrogens is 348 g/mol. The summed E-state index contributed by atoms with van der Waals surface area (Å²) in [6.45, 7) is 2.24. The molecule has 2 aliphatic carbocycles. The van der Waals surface area contributed by atoms with Crippen molar-refractivity contribution in [1.82, 2.24) is 0 Å². The molecule has 1 unspecified atom stereocenters. The molecule has 3 aromatic rings. The van der Waals surface area contributed by atoms with E-state index in [1.54, 1.807) is 0 Å². The number of fused-ring (bicyclic) bond motifs is 2. The normalized spacial score (nSPS) is 22.2. The molecule has 0 amide bonds. The molecule has 0 aromatic heterocycles. The van der Waals surface area contributed by atoms with Gasteiger partial charge < -0.3 is 0 Å². The van der Waals surface area contributed by atoms with Gasteiger partial charge in [-0.15, -0.1) is 0 Å². The Morgan fingerprint density at radius 2 is 1.34 bits per heavy atom. The molecule has 140 valence electrons. The summed E-state index contributed by atoms with van der Waals surface area (Å²) in [5.74, 6) is 0. The largest absolute Gasteiger partial charge is 0.0804 e. The van der Waals surface area contributed by atoms with Crippen LogP contribution < -0.4 is 0 Å². The van der Waals surface area contributed by atoms with Crippen molar-refractivity contribution in [3.8, 4) is 0 Å². The van der Waals surface area contributed by atoms with Crippen molar-refractivity contribution in [3.05, 3.63) is 149 Å². The van der Waals surface area contributed by atoms with Crippen LogP contribution in [-0.2, 0) is 5.41 Å². The van der Waals surface area contributed by atoms with Gasteiger partial charge in [0, 0.05) is 0 Å². The Morgan fingerprint density at radius 3 is 2.17 bits per heavy atom. The van der Waals surface area contributed by atoms with E-state index in [0.717, 1.165) is 6.42 Å². The Hall–Kier alpha value is -3.38. The molecule has 0 nitrogen and oxygen atoms in total.